The fourth-order valence-electron chi connectivity index (χ4n) is 3.34. The highest BCUT2D eigenvalue weighted by Crippen LogP contribution is 2.29. The van der Waals surface area contributed by atoms with Crippen molar-refractivity contribution in [3.63, 3.8) is 0 Å². The molecule has 1 saturated heterocycles. The van der Waals surface area contributed by atoms with Crippen LogP contribution in [-0.2, 0) is 15.3 Å². The molecular weight excluding hydrogens is 402 g/mol. The van der Waals surface area contributed by atoms with Crippen LogP contribution < -0.4 is 5.32 Å². The summed E-state index contributed by atoms with van der Waals surface area (Å²) < 4.78 is 5.55. The molecular formula is C22H25N3O2S2. The number of fused-ring (bicyclic) bond motifs is 1. The first-order chi connectivity index (χ1) is 14.2. The molecule has 0 bridgehead atoms. The lowest BCUT2D eigenvalue weighted by molar-refractivity contribution is -0.119. The molecule has 152 valence electrons. The number of benzene rings is 2. The first-order valence-corrected chi connectivity index (χ1v) is 11.8. The minimum absolute atomic E-state index is 0.0620. The van der Waals surface area contributed by atoms with E-state index in [1.165, 1.54) is 11.1 Å². The molecule has 1 fully saturated rings. The third kappa shape index (κ3) is 5.35. The molecule has 2 N–H and O–H groups in total. The van der Waals surface area contributed by atoms with Gasteiger partial charge in [0, 0.05) is 23.8 Å². The molecule has 1 atom stereocenters. The second kappa shape index (κ2) is 9.69. The summed E-state index contributed by atoms with van der Waals surface area (Å²) in [6.07, 6.45) is 2.31. The van der Waals surface area contributed by atoms with Crippen molar-refractivity contribution in [1.29, 1.82) is 0 Å². The summed E-state index contributed by atoms with van der Waals surface area (Å²) in [7, 11) is 0. The van der Waals surface area contributed by atoms with Crippen LogP contribution in [0.3, 0.4) is 0 Å². The first kappa shape index (κ1) is 20.3. The number of rotatable bonds is 8. The van der Waals surface area contributed by atoms with Gasteiger partial charge in [0.05, 0.1) is 22.9 Å². The van der Waals surface area contributed by atoms with Crippen molar-refractivity contribution < 1.29 is 9.53 Å². The van der Waals surface area contributed by atoms with E-state index >= 15 is 0 Å². The number of imidazole rings is 1. The molecule has 1 unspecified atom stereocenters. The molecule has 0 radical (unpaired) electrons. The van der Waals surface area contributed by atoms with Crippen molar-refractivity contribution in [2.45, 2.75) is 41.7 Å². The summed E-state index contributed by atoms with van der Waals surface area (Å²) in [6.45, 7) is 3.56. The number of aromatic nitrogens is 2. The number of carbonyl (C=O) groups is 1. The van der Waals surface area contributed by atoms with Crippen LogP contribution in [0.1, 0.15) is 24.0 Å². The molecule has 1 amide bonds. The van der Waals surface area contributed by atoms with Crippen LogP contribution in [0.15, 0.2) is 52.5 Å². The number of hydrogen-bond donors (Lipinski definition) is 2. The zero-order valence-electron chi connectivity index (χ0n) is 16.4. The van der Waals surface area contributed by atoms with Crippen molar-refractivity contribution in [2.75, 3.05) is 18.9 Å². The van der Waals surface area contributed by atoms with Crippen LogP contribution in [0.25, 0.3) is 11.0 Å². The van der Waals surface area contributed by atoms with Crippen molar-refractivity contribution in [1.82, 2.24) is 15.3 Å². The number of nitrogens with zero attached hydrogens (tertiary/aromatic N) is 1. The summed E-state index contributed by atoms with van der Waals surface area (Å²) in [4.78, 5) is 21.3. The van der Waals surface area contributed by atoms with Gasteiger partial charge in [-0.2, -0.15) is 0 Å². The summed E-state index contributed by atoms with van der Waals surface area (Å²) in [5.41, 5.74) is 4.54. The molecule has 1 aliphatic rings. The normalized spacial score (nSPS) is 16.4. The van der Waals surface area contributed by atoms with Gasteiger partial charge in [0.25, 0.3) is 0 Å². The van der Waals surface area contributed by atoms with E-state index in [0.717, 1.165) is 46.3 Å². The molecule has 2 aromatic carbocycles. The van der Waals surface area contributed by atoms with Gasteiger partial charge in [0.2, 0.25) is 5.91 Å². The Hall–Kier alpha value is -1.96. The van der Waals surface area contributed by atoms with E-state index in [0.29, 0.717) is 12.3 Å². The quantitative estimate of drug-likeness (QED) is 0.516. The van der Waals surface area contributed by atoms with Crippen molar-refractivity contribution >= 4 is 40.5 Å². The molecule has 0 spiro atoms. The predicted molar refractivity (Wildman–Crippen MR) is 120 cm³/mol. The largest absolute Gasteiger partial charge is 0.376 e. The summed E-state index contributed by atoms with van der Waals surface area (Å²) in [5, 5.41) is 3.91. The Morgan fingerprint density at radius 1 is 1.24 bits per heavy atom. The minimum Gasteiger partial charge on any atom is -0.376 e. The van der Waals surface area contributed by atoms with E-state index in [1.807, 2.05) is 24.3 Å². The van der Waals surface area contributed by atoms with Gasteiger partial charge in [-0.3, -0.25) is 4.79 Å². The maximum Gasteiger partial charge on any atom is 0.230 e. The van der Waals surface area contributed by atoms with E-state index in [1.54, 1.807) is 23.5 Å². The van der Waals surface area contributed by atoms with E-state index in [4.69, 9.17) is 4.74 Å². The monoisotopic (exact) mass is 427 g/mol. The van der Waals surface area contributed by atoms with Crippen molar-refractivity contribution in [2.24, 2.45) is 0 Å². The molecule has 0 saturated carbocycles. The molecule has 0 aliphatic carbocycles. The molecule has 4 rings (SSSR count). The number of para-hydroxylation sites is 2. The first-order valence-electron chi connectivity index (χ1n) is 9.86. The topological polar surface area (TPSA) is 67.0 Å². The number of nitrogens with one attached hydrogen (secondary N) is 2. The van der Waals surface area contributed by atoms with E-state index in [-0.39, 0.29) is 12.0 Å². The molecule has 2 heterocycles. The van der Waals surface area contributed by atoms with Gasteiger partial charge >= 0.3 is 0 Å². The highest BCUT2D eigenvalue weighted by Gasteiger charge is 2.16. The maximum atomic E-state index is 12.2. The number of H-pyrrole nitrogens is 1. The standard InChI is InChI=1S/C22H25N3O2S2/c1-15-16(13-29-22-24-18-8-2-3-9-19(18)25-22)6-4-10-20(15)28-14-21(26)23-12-17-7-5-11-27-17/h2-4,6,8-10,17H,5,7,11-14H2,1H3,(H,23,26)(H,24,25). The van der Waals surface area contributed by atoms with Crippen LogP contribution in [0, 0.1) is 6.92 Å². The Morgan fingerprint density at radius 3 is 2.97 bits per heavy atom. The van der Waals surface area contributed by atoms with Gasteiger partial charge < -0.3 is 15.0 Å². The van der Waals surface area contributed by atoms with Gasteiger partial charge in [-0.25, -0.2) is 4.98 Å². The molecule has 1 aromatic heterocycles. The zero-order valence-corrected chi connectivity index (χ0v) is 18.1. The fourth-order valence-corrected chi connectivity index (χ4v) is 5.20. The molecule has 5 nitrogen and oxygen atoms in total. The number of thioether (sulfide) groups is 2. The second-order valence-corrected chi connectivity index (χ2v) is 9.10. The average Bonchev–Trinajstić information content (AvgIpc) is 3.40. The van der Waals surface area contributed by atoms with Crippen molar-refractivity contribution in [3.05, 3.63) is 53.6 Å². The van der Waals surface area contributed by atoms with Crippen LogP contribution in [0.5, 0.6) is 0 Å². The molecule has 29 heavy (non-hydrogen) atoms. The van der Waals surface area contributed by atoms with E-state index < -0.39 is 0 Å². The van der Waals surface area contributed by atoms with Gasteiger partial charge in [-0.1, -0.05) is 36.0 Å². The minimum atomic E-state index is 0.0620. The zero-order chi connectivity index (χ0) is 20.1. The third-order valence-electron chi connectivity index (χ3n) is 5.04. The molecule has 7 heteroatoms. The third-order valence-corrected chi connectivity index (χ3v) is 7.12. The number of aromatic amines is 1. The predicted octanol–water partition coefficient (Wildman–Crippen LogP) is 4.55. The maximum absolute atomic E-state index is 12.2. The Labute approximate surface area is 179 Å². The lowest BCUT2D eigenvalue weighted by Gasteiger charge is -2.12. The SMILES string of the molecule is Cc1c(CSc2nc3ccccc3[nH]2)cccc1SCC(=O)NCC1CCCO1. The lowest BCUT2D eigenvalue weighted by atomic mass is 10.1. The van der Waals surface area contributed by atoms with Gasteiger partial charge in [-0.15, -0.1) is 11.8 Å². The number of hydrogen-bond acceptors (Lipinski definition) is 5. The average molecular weight is 428 g/mol. The smallest absolute Gasteiger partial charge is 0.230 e. The highest BCUT2D eigenvalue weighted by atomic mass is 32.2. The number of carbonyl (C=O) groups excluding carboxylic acids is 1. The van der Waals surface area contributed by atoms with Gasteiger partial charge in [0.15, 0.2) is 5.16 Å². The molecule has 3 aromatic rings. The Morgan fingerprint density at radius 2 is 2.14 bits per heavy atom. The molecule has 1 aliphatic heterocycles. The van der Waals surface area contributed by atoms with Gasteiger partial charge in [-0.05, 0) is 49.1 Å². The van der Waals surface area contributed by atoms with E-state index in [9.17, 15) is 4.79 Å². The summed E-state index contributed by atoms with van der Waals surface area (Å²) >= 11 is 3.29. The van der Waals surface area contributed by atoms with Crippen LogP contribution in [-0.4, -0.2) is 40.9 Å². The number of amides is 1. The van der Waals surface area contributed by atoms with Crippen molar-refractivity contribution in [3.8, 4) is 0 Å². The van der Waals surface area contributed by atoms with Crippen LogP contribution in [0.2, 0.25) is 0 Å². The summed E-state index contributed by atoms with van der Waals surface area (Å²) in [6, 6.07) is 14.4. The van der Waals surface area contributed by atoms with Crippen LogP contribution >= 0.6 is 23.5 Å². The fraction of sp³-hybridized carbons (Fsp3) is 0.364. The lowest BCUT2D eigenvalue weighted by Crippen LogP contribution is -2.32. The second-order valence-electron chi connectivity index (χ2n) is 7.12. The highest BCUT2D eigenvalue weighted by molar-refractivity contribution is 8.00. The number of ether oxygens (including phenoxy) is 1. The van der Waals surface area contributed by atoms with Gasteiger partial charge in [0.1, 0.15) is 0 Å². The van der Waals surface area contributed by atoms with Crippen LogP contribution in [0.4, 0.5) is 0 Å². The Balaban J connectivity index is 1.31. The Bertz CT molecular complexity index is 950. The van der Waals surface area contributed by atoms with E-state index in [2.05, 4.69) is 40.4 Å². The summed E-state index contributed by atoms with van der Waals surface area (Å²) in [5.74, 6) is 1.32. The Kier molecular flexibility index (Phi) is 6.79.